The Kier molecular flexibility index (Phi) is 3.76. The Morgan fingerprint density at radius 1 is 1.33 bits per heavy atom. The maximum absolute atomic E-state index is 12.4. The smallest absolute Gasteiger partial charge is 0.264 e. The Morgan fingerprint density at radius 2 is 2.10 bits per heavy atom. The summed E-state index contributed by atoms with van der Waals surface area (Å²) >= 11 is 0. The normalized spacial score (nSPS) is 27.0. The van der Waals surface area contributed by atoms with Gasteiger partial charge in [-0.3, -0.25) is 4.79 Å². The lowest BCUT2D eigenvalue weighted by atomic mass is 9.80. The van der Waals surface area contributed by atoms with E-state index in [1.165, 1.54) is 0 Å². The SMILES string of the molecule is CC1(C)CNCCC1NC(=O)C1COc2ccccc2O1. The summed E-state index contributed by atoms with van der Waals surface area (Å²) in [5, 5.41) is 6.49. The Hall–Kier alpha value is -1.75. The van der Waals surface area contributed by atoms with Crippen LogP contribution in [0.15, 0.2) is 24.3 Å². The quantitative estimate of drug-likeness (QED) is 0.863. The topological polar surface area (TPSA) is 59.6 Å². The van der Waals surface area contributed by atoms with E-state index in [1.807, 2.05) is 24.3 Å². The molecule has 114 valence electrons. The van der Waals surface area contributed by atoms with Crippen LogP contribution in [0.25, 0.3) is 0 Å². The van der Waals surface area contributed by atoms with Crippen LogP contribution in [0.3, 0.4) is 0 Å². The van der Waals surface area contributed by atoms with Gasteiger partial charge in [-0.2, -0.15) is 0 Å². The monoisotopic (exact) mass is 290 g/mol. The zero-order valence-corrected chi connectivity index (χ0v) is 12.5. The maximum Gasteiger partial charge on any atom is 0.264 e. The number of fused-ring (bicyclic) bond motifs is 1. The van der Waals surface area contributed by atoms with Crippen LogP contribution in [0.2, 0.25) is 0 Å². The number of carbonyl (C=O) groups excluding carboxylic acids is 1. The predicted molar refractivity (Wildman–Crippen MR) is 79.6 cm³/mol. The number of nitrogens with one attached hydrogen (secondary N) is 2. The maximum atomic E-state index is 12.4. The Balaban J connectivity index is 1.64. The highest BCUT2D eigenvalue weighted by atomic mass is 16.6. The number of rotatable bonds is 2. The minimum Gasteiger partial charge on any atom is -0.485 e. The zero-order valence-electron chi connectivity index (χ0n) is 12.5. The lowest BCUT2D eigenvalue weighted by Crippen LogP contribution is -2.57. The Morgan fingerprint density at radius 3 is 2.86 bits per heavy atom. The zero-order chi connectivity index (χ0) is 14.9. The summed E-state index contributed by atoms with van der Waals surface area (Å²) in [6, 6.07) is 7.59. The molecule has 1 aromatic rings. The van der Waals surface area contributed by atoms with E-state index in [0.717, 1.165) is 19.5 Å². The van der Waals surface area contributed by atoms with Crippen molar-refractivity contribution in [3.8, 4) is 11.5 Å². The number of hydrogen-bond acceptors (Lipinski definition) is 4. The number of piperidine rings is 1. The van der Waals surface area contributed by atoms with Crippen molar-refractivity contribution in [1.82, 2.24) is 10.6 Å². The number of carbonyl (C=O) groups is 1. The molecule has 0 saturated carbocycles. The molecule has 1 amide bonds. The standard InChI is InChI=1S/C16H22N2O3/c1-16(2)10-17-8-7-14(16)18-15(19)13-9-20-11-5-3-4-6-12(11)21-13/h3-6,13-14,17H,7-10H2,1-2H3,(H,18,19). The van der Waals surface area contributed by atoms with E-state index in [2.05, 4.69) is 24.5 Å². The van der Waals surface area contributed by atoms with Crippen LogP contribution in [0.4, 0.5) is 0 Å². The summed E-state index contributed by atoms with van der Waals surface area (Å²) in [5.74, 6) is 1.24. The third-order valence-corrected chi connectivity index (χ3v) is 4.25. The molecule has 2 unspecified atom stereocenters. The molecule has 1 aromatic carbocycles. The largest absolute Gasteiger partial charge is 0.485 e. The fraction of sp³-hybridized carbons (Fsp3) is 0.562. The highest BCUT2D eigenvalue weighted by molar-refractivity contribution is 5.82. The first kappa shape index (κ1) is 14.2. The highest BCUT2D eigenvalue weighted by Crippen LogP contribution is 2.31. The number of ether oxygens (including phenoxy) is 2. The van der Waals surface area contributed by atoms with Gasteiger partial charge in [0.15, 0.2) is 11.5 Å². The molecule has 1 saturated heterocycles. The van der Waals surface area contributed by atoms with Gasteiger partial charge in [0.1, 0.15) is 6.61 Å². The van der Waals surface area contributed by atoms with E-state index >= 15 is 0 Å². The van der Waals surface area contributed by atoms with Crippen molar-refractivity contribution in [3.05, 3.63) is 24.3 Å². The molecule has 2 aliphatic heterocycles. The minimum atomic E-state index is -0.578. The molecule has 1 fully saturated rings. The number of amides is 1. The number of benzene rings is 1. The van der Waals surface area contributed by atoms with Crippen LogP contribution in [0.5, 0.6) is 11.5 Å². The van der Waals surface area contributed by atoms with Gasteiger partial charge in [0.25, 0.3) is 5.91 Å². The van der Waals surface area contributed by atoms with Gasteiger partial charge in [-0.05, 0) is 30.5 Å². The molecule has 3 rings (SSSR count). The van der Waals surface area contributed by atoms with Crippen molar-refractivity contribution in [2.24, 2.45) is 5.41 Å². The number of para-hydroxylation sites is 2. The van der Waals surface area contributed by atoms with E-state index < -0.39 is 6.10 Å². The van der Waals surface area contributed by atoms with E-state index in [1.54, 1.807) is 0 Å². The van der Waals surface area contributed by atoms with Crippen LogP contribution in [-0.4, -0.2) is 37.7 Å². The van der Waals surface area contributed by atoms with Gasteiger partial charge in [0.05, 0.1) is 0 Å². The van der Waals surface area contributed by atoms with Crippen molar-refractivity contribution in [2.45, 2.75) is 32.4 Å². The molecular weight excluding hydrogens is 268 g/mol. The second-order valence-corrected chi connectivity index (χ2v) is 6.38. The summed E-state index contributed by atoms with van der Waals surface area (Å²) < 4.78 is 11.4. The Labute approximate surface area is 125 Å². The van der Waals surface area contributed by atoms with E-state index in [4.69, 9.17) is 9.47 Å². The molecule has 0 radical (unpaired) electrons. The van der Waals surface area contributed by atoms with Crippen LogP contribution in [0, 0.1) is 5.41 Å². The lowest BCUT2D eigenvalue weighted by Gasteiger charge is -2.40. The molecule has 0 spiro atoms. The van der Waals surface area contributed by atoms with Crippen LogP contribution in [0.1, 0.15) is 20.3 Å². The fourth-order valence-corrected chi connectivity index (χ4v) is 2.85. The molecule has 5 nitrogen and oxygen atoms in total. The van der Waals surface area contributed by atoms with E-state index in [9.17, 15) is 4.79 Å². The molecular formula is C16H22N2O3. The van der Waals surface area contributed by atoms with Gasteiger partial charge in [-0.1, -0.05) is 26.0 Å². The first-order chi connectivity index (χ1) is 10.1. The van der Waals surface area contributed by atoms with Gasteiger partial charge >= 0.3 is 0 Å². The van der Waals surface area contributed by atoms with Crippen molar-refractivity contribution >= 4 is 5.91 Å². The second kappa shape index (κ2) is 5.56. The van der Waals surface area contributed by atoms with Gasteiger partial charge in [-0.15, -0.1) is 0 Å². The first-order valence-electron chi connectivity index (χ1n) is 7.46. The molecule has 5 heteroatoms. The van der Waals surface area contributed by atoms with Gasteiger partial charge in [0.2, 0.25) is 6.10 Å². The fourth-order valence-electron chi connectivity index (χ4n) is 2.85. The van der Waals surface area contributed by atoms with Crippen LogP contribution in [-0.2, 0) is 4.79 Å². The summed E-state index contributed by atoms with van der Waals surface area (Å²) in [5.41, 5.74) is 0.0430. The second-order valence-electron chi connectivity index (χ2n) is 6.38. The predicted octanol–water partition coefficient (Wildman–Crippen LogP) is 1.33. The summed E-state index contributed by atoms with van der Waals surface area (Å²) in [4.78, 5) is 12.4. The average molecular weight is 290 g/mol. The van der Waals surface area contributed by atoms with Crippen LogP contribution >= 0.6 is 0 Å². The lowest BCUT2D eigenvalue weighted by molar-refractivity contribution is -0.132. The van der Waals surface area contributed by atoms with Crippen LogP contribution < -0.4 is 20.1 Å². The average Bonchev–Trinajstić information content (AvgIpc) is 2.48. The molecule has 2 aliphatic rings. The molecule has 21 heavy (non-hydrogen) atoms. The molecule has 0 bridgehead atoms. The van der Waals surface area contributed by atoms with Gasteiger partial charge in [-0.25, -0.2) is 0 Å². The summed E-state index contributed by atoms with van der Waals surface area (Å²) in [6.07, 6.45) is 0.355. The summed E-state index contributed by atoms with van der Waals surface area (Å²) in [6.45, 7) is 6.42. The summed E-state index contributed by atoms with van der Waals surface area (Å²) in [7, 11) is 0. The van der Waals surface area contributed by atoms with Gasteiger partial charge < -0.3 is 20.1 Å². The molecule has 2 atom stereocenters. The minimum absolute atomic E-state index is 0.0430. The van der Waals surface area contributed by atoms with E-state index in [0.29, 0.717) is 11.5 Å². The molecule has 0 aliphatic carbocycles. The third kappa shape index (κ3) is 2.97. The van der Waals surface area contributed by atoms with Gasteiger partial charge in [0, 0.05) is 12.6 Å². The highest BCUT2D eigenvalue weighted by Gasteiger charge is 2.36. The molecule has 2 N–H and O–H groups in total. The Bertz CT molecular complexity index is 530. The molecule has 0 aromatic heterocycles. The third-order valence-electron chi connectivity index (χ3n) is 4.25. The van der Waals surface area contributed by atoms with Crippen molar-refractivity contribution in [3.63, 3.8) is 0 Å². The number of hydrogen-bond donors (Lipinski definition) is 2. The van der Waals surface area contributed by atoms with Crippen molar-refractivity contribution < 1.29 is 14.3 Å². The molecule has 2 heterocycles. The van der Waals surface area contributed by atoms with E-state index in [-0.39, 0.29) is 24.0 Å². The first-order valence-corrected chi connectivity index (χ1v) is 7.46. The van der Waals surface area contributed by atoms with Crippen molar-refractivity contribution in [1.29, 1.82) is 0 Å². The van der Waals surface area contributed by atoms with Crippen molar-refractivity contribution in [2.75, 3.05) is 19.7 Å².